The zero-order valence-corrected chi connectivity index (χ0v) is 10.6. The number of aliphatic hydroxyl groups is 1. The molecule has 0 radical (unpaired) electrons. The van der Waals surface area contributed by atoms with E-state index >= 15 is 0 Å². The van der Waals surface area contributed by atoms with Crippen LogP contribution in [0.25, 0.3) is 0 Å². The summed E-state index contributed by atoms with van der Waals surface area (Å²) in [6.07, 6.45) is 1.17. The van der Waals surface area contributed by atoms with Crippen LogP contribution in [0.1, 0.15) is 24.8 Å². The second-order valence-corrected chi connectivity index (χ2v) is 4.77. The molecule has 1 aromatic carbocycles. The van der Waals surface area contributed by atoms with Crippen molar-refractivity contribution in [2.45, 2.75) is 37.6 Å². The minimum Gasteiger partial charge on any atom is -0.370 e. The van der Waals surface area contributed by atoms with E-state index in [0.717, 1.165) is 5.56 Å². The number of hydrogen-bond acceptors (Lipinski definition) is 3. The minimum atomic E-state index is -3.40. The van der Waals surface area contributed by atoms with Crippen molar-refractivity contribution < 1.29 is 23.4 Å². The molecule has 1 fully saturated rings. The summed E-state index contributed by atoms with van der Waals surface area (Å²) in [6.45, 7) is -0.602. The summed E-state index contributed by atoms with van der Waals surface area (Å²) >= 11 is 0. The number of ether oxygens (including phenoxy) is 2. The second-order valence-electron chi connectivity index (χ2n) is 4.77. The van der Waals surface area contributed by atoms with Gasteiger partial charge in [0, 0.05) is 6.42 Å². The zero-order chi connectivity index (χ0) is 13.8. The topological polar surface area (TPSA) is 38.7 Å². The van der Waals surface area contributed by atoms with Crippen LogP contribution >= 0.6 is 0 Å². The summed E-state index contributed by atoms with van der Waals surface area (Å²) in [7, 11) is 0. The smallest absolute Gasteiger partial charge is 0.323 e. The van der Waals surface area contributed by atoms with Gasteiger partial charge in [0.2, 0.25) is 5.79 Å². The van der Waals surface area contributed by atoms with Gasteiger partial charge in [-0.05, 0) is 18.4 Å². The van der Waals surface area contributed by atoms with Gasteiger partial charge in [-0.1, -0.05) is 30.3 Å². The van der Waals surface area contributed by atoms with E-state index < -0.39 is 18.3 Å². The number of rotatable bonds is 5. The van der Waals surface area contributed by atoms with Gasteiger partial charge in [0.15, 0.2) is 0 Å². The minimum absolute atomic E-state index is 0.0608. The predicted octanol–water partition coefficient (Wildman–Crippen LogP) is 2.73. The second kappa shape index (κ2) is 5.94. The quantitative estimate of drug-likeness (QED) is 0.895. The molecule has 0 amide bonds. The summed E-state index contributed by atoms with van der Waals surface area (Å²) in [5.74, 6) is -5.79. The molecule has 1 saturated heterocycles. The van der Waals surface area contributed by atoms with Gasteiger partial charge in [-0.3, -0.25) is 0 Å². The summed E-state index contributed by atoms with van der Waals surface area (Å²) in [5.41, 5.74) is 0.815. The first kappa shape index (κ1) is 14.4. The molecule has 0 aliphatic carbocycles. The number of hydrogen-bond donors (Lipinski definition) is 1. The first-order valence-electron chi connectivity index (χ1n) is 6.39. The first-order valence-corrected chi connectivity index (χ1v) is 6.39. The van der Waals surface area contributed by atoms with Crippen LogP contribution in [0.4, 0.5) is 8.78 Å². The van der Waals surface area contributed by atoms with Crippen LogP contribution in [0.3, 0.4) is 0 Å². The molecule has 0 spiro atoms. The van der Waals surface area contributed by atoms with E-state index in [1.54, 1.807) is 12.1 Å². The molecule has 3 nitrogen and oxygen atoms in total. The fraction of sp³-hybridized carbons (Fsp3) is 0.571. The maximum absolute atomic E-state index is 13.9. The van der Waals surface area contributed by atoms with Crippen LogP contribution in [-0.2, 0) is 16.1 Å². The van der Waals surface area contributed by atoms with Gasteiger partial charge in [0.25, 0.3) is 0 Å². The van der Waals surface area contributed by atoms with Gasteiger partial charge in [-0.2, -0.15) is 8.78 Å². The van der Waals surface area contributed by atoms with Crippen LogP contribution in [0.5, 0.6) is 0 Å². The third kappa shape index (κ3) is 3.49. The van der Waals surface area contributed by atoms with Crippen LogP contribution in [-0.4, -0.2) is 30.0 Å². The molecule has 1 unspecified atom stereocenters. The van der Waals surface area contributed by atoms with Crippen molar-refractivity contribution in [3.63, 3.8) is 0 Å². The third-order valence-corrected chi connectivity index (χ3v) is 3.22. The Morgan fingerprint density at radius 1 is 1.26 bits per heavy atom. The van der Waals surface area contributed by atoms with Crippen molar-refractivity contribution in [2.75, 3.05) is 13.2 Å². The number of halogens is 2. The molecule has 19 heavy (non-hydrogen) atoms. The SMILES string of the molecule is OC1(C(F)(F)COCc2ccccc2)CCCCO1. The van der Waals surface area contributed by atoms with E-state index in [2.05, 4.69) is 0 Å². The van der Waals surface area contributed by atoms with Gasteiger partial charge in [-0.15, -0.1) is 0 Å². The van der Waals surface area contributed by atoms with E-state index in [9.17, 15) is 13.9 Å². The molecule has 5 heteroatoms. The lowest BCUT2D eigenvalue weighted by Gasteiger charge is -2.38. The molecular formula is C14H18F2O3. The van der Waals surface area contributed by atoms with E-state index in [4.69, 9.17) is 9.47 Å². The average Bonchev–Trinajstić information content (AvgIpc) is 2.40. The lowest BCUT2D eigenvalue weighted by atomic mass is 9.99. The van der Waals surface area contributed by atoms with Gasteiger partial charge in [-0.25, -0.2) is 0 Å². The van der Waals surface area contributed by atoms with Gasteiger partial charge in [0.1, 0.15) is 6.61 Å². The van der Waals surface area contributed by atoms with E-state index in [-0.39, 0.29) is 19.6 Å². The molecule has 1 aromatic rings. The van der Waals surface area contributed by atoms with Crippen molar-refractivity contribution in [3.8, 4) is 0 Å². The molecule has 106 valence electrons. The molecule has 1 aliphatic heterocycles. The maximum Gasteiger partial charge on any atom is 0.323 e. The Kier molecular flexibility index (Phi) is 4.50. The fourth-order valence-corrected chi connectivity index (χ4v) is 2.05. The normalized spacial score (nSPS) is 24.4. The summed E-state index contributed by atoms with van der Waals surface area (Å²) in [6, 6.07) is 9.06. The van der Waals surface area contributed by atoms with Crippen molar-refractivity contribution in [2.24, 2.45) is 0 Å². The Balaban J connectivity index is 1.86. The Morgan fingerprint density at radius 3 is 2.63 bits per heavy atom. The summed E-state index contributed by atoms with van der Waals surface area (Å²) < 4.78 is 37.7. The van der Waals surface area contributed by atoms with Crippen molar-refractivity contribution >= 4 is 0 Å². The fourth-order valence-electron chi connectivity index (χ4n) is 2.05. The molecule has 1 aliphatic rings. The van der Waals surface area contributed by atoms with Gasteiger partial charge < -0.3 is 14.6 Å². The molecule has 2 rings (SSSR count). The molecule has 1 atom stereocenters. The Hall–Kier alpha value is -1.04. The van der Waals surface area contributed by atoms with Crippen molar-refractivity contribution in [1.29, 1.82) is 0 Å². The highest BCUT2D eigenvalue weighted by Gasteiger charge is 2.54. The van der Waals surface area contributed by atoms with Gasteiger partial charge >= 0.3 is 5.92 Å². The lowest BCUT2D eigenvalue weighted by molar-refractivity contribution is -0.341. The molecule has 1 N–H and O–H groups in total. The van der Waals surface area contributed by atoms with E-state index in [0.29, 0.717) is 12.8 Å². The number of alkyl halides is 2. The highest BCUT2D eigenvalue weighted by molar-refractivity contribution is 5.13. The van der Waals surface area contributed by atoms with Crippen molar-refractivity contribution in [3.05, 3.63) is 35.9 Å². The van der Waals surface area contributed by atoms with Crippen molar-refractivity contribution in [1.82, 2.24) is 0 Å². The largest absolute Gasteiger partial charge is 0.370 e. The molecule has 0 bridgehead atoms. The Labute approximate surface area is 111 Å². The predicted molar refractivity (Wildman–Crippen MR) is 65.8 cm³/mol. The van der Waals surface area contributed by atoms with Crippen LogP contribution in [0.2, 0.25) is 0 Å². The summed E-state index contributed by atoms with van der Waals surface area (Å²) in [4.78, 5) is 0. The lowest BCUT2D eigenvalue weighted by Crippen LogP contribution is -2.54. The highest BCUT2D eigenvalue weighted by atomic mass is 19.3. The molecule has 1 heterocycles. The monoisotopic (exact) mass is 272 g/mol. The Morgan fingerprint density at radius 2 is 2.00 bits per heavy atom. The molecular weight excluding hydrogens is 254 g/mol. The first-order chi connectivity index (χ1) is 9.04. The van der Waals surface area contributed by atoms with Gasteiger partial charge in [0.05, 0.1) is 13.2 Å². The van der Waals surface area contributed by atoms with E-state index in [1.165, 1.54) is 0 Å². The molecule has 0 aromatic heterocycles. The highest BCUT2D eigenvalue weighted by Crippen LogP contribution is 2.37. The summed E-state index contributed by atoms with van der Waals surface area (Å²) in [5, 5.41) is 9.84. The van der Waals surface area contributed by atoms with E-state index in [1.807, 2.05) is 18.2 Å². The zero-order valence-electron chi connectivity index (χ0n) is 10.6. The third-order valence-electron chi connectivity index (χ3n) is 3.22. The Bertz CT molecular complexity index is 389. The number of benzene rings is 1. The van der Waals surface area contributed by atoms with Crippen LogP contribution in [0, 0.1) is 0 Å². The molecule has 0 saturated carbocycles. The van der Waals surface area contributed by atoms with Crippen LogP contribution in [0.15, 0.2) is 30.3 Å². The van der Waals surface area contributed by atoms with Crippen LogP contribution < -0.4 is 0 Å². The maximum atomic E-state index is 13.9. The standard InChI is InChI=1S/C14H18F2O3/c15-13(16,14(17)8-4-5-9-19-14)11-18-10-12-6-2-1-3-7-12/h1-3,6-7,17H,4-5,8-11H2. The average molecular weight is 272 g/mol.